The predicted molar refractivity (Wildman–Crippen MR) is 67.2 cm³/mol. The van der Waals surface area contributed by atoms with Crippen molar-refractivity contribution in [1.29, 1.82) is 0 Å². The van der Waals surface area contributed by atoms with Gasteiger partial charge in [-0.25, -0.2) is 15.0 Å². The maximum atomic E-state index is 5.73. The standard InChI is InChI=1S/C11H14ClN5/c1-8-7-16-11(12)17-10(8)15-4-2-3-9-13-5-6-14-9/h5-7H,2-4H2,1H3,(H,13,14)(H,15,16,17). The minimum absolute atomic E-state index is 0.268. The van der Waals surface area contributed by atoms with Crippen molar-refractivity contribution in [3.05, 3.63) is 35.3 Å². The summed E-state index contributed by atoms with van der Waals surface area (Å²) < 4.78 is 0. The second kappa shape index (κ2) is 5.63. The van der Waals surface area contributed by atoms with Gasteiger partial charge in [-0.05, 0) is 24.9 Å². The molecule has 0 spiro atoms. The van der Waals surface area contributed by atoms with E-state index >= 15 is 0 Å². The number of aryl methyl sites for hydroxylation is 2. The highest BCUT2D eigenvalue weighted by Gasteiger charge is 2.01. The summed E-state index contributed by atoms with van der Waals surface area (Å²) in [6.07, 6.45) is 7.20. The maximum Gasteiger partial charge on any atom is 0.224 e. The van der Waals surface area contributed by atoms with Crippen molar-refractivity contribution in [2.45, 2.75) is 19.8 Å². The molecular formula is C11H14ClN5. The minimum Gasteiger partial charge on any atom is -0.370 e. The van der Waals surface area contributed by atoms with Gasteiger partial charge in [-0.1, -0.05) is 0 Å². The van der Waals surface area contributed by atoms with E-state index in [1.54, 1.807) is 12.4 Å². The van der Waals surface area contributed by atoms with Crippen molar-refractivity contribution in [3.63, 3.8) is 0 Å². The number of anilines is 1. The third kappa shape index (κ3) is 3.42. The second-order valence-electron chi connectivity index (χ2n) is 3.74. The molecule has 0 radical (unpaired) electrons. The van der Waals surface area contributed by atoms with Gasteiger partial charge in [-0.2, -0.15) is 0 Å². The highest BCUT2D eigenvalue weighted by atomic mass is 35.5. The van der Waals surface area contributed by atoms with Crippen molar-refractivity contribution in [3.8, 4) is 0 Å². The SMILES string of the molecule is Cc1cnc(Cl)nc1NCCCc1ncc[nH]1. The molecule has 0 unspecified atom stereocenters. The summed E-state index contributed by atoms with van der Waals surface area (Å²) in [5.74, 6) is 1.80. The topological polar surface area (TPSA) is 66.5 Å². The Hall–Kier alpha value is -1.62. The fourth-order valence-corrected chi connectivity index (χ4v) is 1.63. The van der Waals surface area contributed by atoms with Crippen LogP contribution in [0.1, 0.15) is 17.8 Å². The molecule has 0 bridgehead atoms. The number of nitrogens with one attached hydrogen (secondary N) is 2. The number of aromatic amines is 1. The molecule has 0 aromatic carbocycles. The van der Waals surface area contributed by atoms with E-state index < -0.39 is 0 Å². The van der Waals surface area contributed by atoms with E-state index in [2.05, 4.69) is 25.3 Å². The van der Waals surface area contributed by atoms with Crippen LogP contribution in [0.2, 0.25) is 5.28 Å². The van der Waals surface area contributed by atoms with Crippen molar-refractivity contribution >= 4 is 17.4 Å². The van der Waals surface area contributed by atoms with E-state index in [4.69, 9.17) is 11.6 Å². The number of hydrogen-bond acceptors (Lipinski definition) is 4. The zero-order valence-electron chi connectivity index (χ0n) is 9.57. The summed E-state index contributed by atoms with van der Waals surface area (Å²) in [6, 6.07) is 0. The Morgan fingerprint density at radius 2 is 2.29 bits per heavy atom. The number of hydrogen-bond donors (Lipinski definition) is 2. The van der Waals surface area contributed by atoms with Crippen LogP contribution in [0.25, 0.3) is 0 Å². The molecule has 2 rings (SSSR count). The summed E-state index contributed by atoms with van der Waals surface area (Å²) in [5.41, 5.74) is 0.993. The van der Waals surface area contributed by atoms with Crippen molar-refractivity contribution < 1.29 is 0 Å². The molecule has 0 saturated carbocycles. The van der Waals surface area contributed by atoms with Crippen LogP contribution < -0.4 is 5.32 Å². The molecule has 17 heavy (non-hydrogen) atoms. The van der Waals surface area contributed by atoms with E-state index in [-0.39, 0.29) is 5.28 Å². The fraction of sp³-hybridized carbons (Fsp3) is 0.364. The summed E-state index contributed by atoms with van der Waals surface area (Å²) in [4.78, 5) is 15.3. The molecule has 0 fully saturated rings. The first-order chi connectivity index (χ1) is 8.25. The molecule has 2 N–H and O–H groups in total. The van der Waals surface area contributed by atoms with E-state index in [1.807, 2.05) is 13.1 Å². The molecule has 90 valence electrons. The molecule has 2 heterocycles. The number of aromatic nitrogens is 4. The van der Waals surface area contributed by atoms with Crippen LogP contribution in [0.4, 0.5) is 5.82 Å². The van der Waals surface area contributed by atoms with Crippen LogP contribution in [-0.2, 0) is 6.42 Å². The molecule has 0 atom stereocenters. The molecule has 0 aliphatic carbocycles. The molecule has 0 amide bonds. The summed E-state index contributed by atoms with van der Waals surface area (Å²) >= 11 is 5.73. The van der Waals surface area contributed by atoms with E-state index in [9.17, 15) is 0 Å². The van der Waals surface area contributed by atoms with E-state index in [0.717, 1.165) is 36.6 Å². The van der Waals surface area contributed by atoms with Crippen LogP contribution in [0.3, 0.4) is 0 Å². The van der Waals surface area contributed by atoms with Gasteiger partial charge in [-0.15, -0.1) is 0 Å². The lowest BCUT2D eigenvalue weighted by Crippen LogP contribution is -2.07. The largest absolute Gasteiger partial charge is 0.370 e. The van der Waals surface area contributed by atoms with Crippen molar-refractivity contribution in [2.24, 2.45) is 0 Å². The van der Waals surface area contributed by atoms with Gasteiger partial charge in [0.15, 0.2) is 0 Å². The van der Waals surface area contributed by atoms with Crippen LogP contribution >= 0.6 is 11.6 Å². The van der Waals surface area contributed by atoms with Crippen LogP contribution in [0.15, 0.2) is 18.6 Å². The maximum absolute atomic E-state index is 5.73. The molecule has 0 aliphatic heterocycles. The Kier molecular flexibility index (Phi) is 3.93. The predicted octanol–water partition coefficient (Wildman–Crippen LogP) is 2.21. The summed E-state index contributed by atoms with van der Waals surface area (Å²) in [7, 11) is 0. The Morgan fingerprint density at radius 3 is 3.06 bits per heavy atom. The van der Waals surface area contributed by atoms with E-state index in [0.29, 0.717) is 0 Å². The molecule has 5 nitrogen and oxygen atoms in total. The Bertz CT molecular complexity index is 469. The normalized spacial score (nSPS) is 10.5. The van der Waals surface area contributed by atoms with Gasteiger partial charge >= 0.3 is 0 Å². The van der Waals surface area contributed by atoms with Crippen molar-refractivity contribution in [1.82, 2.24) is 19.9 Å². The summed E-state index contributed by atoms with van der Waals surface area (Å²) in [5, 5.41) is 3.51. The molecule has 2 aromatic rings. The first-order valence-corrected chi connectivity index (χ1v) is 5.85. The highest BCUT2D eigenvalue weighted by Crippen LogP contribution is 2.12. The third-order valence-corrected chi connectivity index (χ3v) is 2.56. The molecule has 6 heteroatoms. The van der Waals surface area contributed by atoms with Gasteiger partial charge in [-0.3, -0.25) is 0 Å². The minimum atomic E-state index is 0.268. The lowest BCUT2D eigenvalue weighted by molar-refractivity contribution is 0.812. The highest BCUT2D eigenvalue weighted by molar-refractivity contribution is 6.28. The van der Waals surface area contributed by atoms with Crippen LogP contribution in [0, 0.1) is 6.92 Å². The molecule has 2 aromatic heterocycles. The van der Waals surface area contributed by atoms with Gasteiger partial charge in [0.2, 0.25) is 5.28 Å². The van der Waals surface area contributed by atoms with Gasteiger partial charge in [0.25, 0.3) is 0 Å². The smallest absolute Gasteiger partial charge is 0.224 e. The monoisotopic (exact) mass is 251 g/mol. The van der Waals surface area contributed by atoms with Crippen LogP contribution in [-0.4, -0.2) is 26.5 Å². The van der Waals surface area contributed by atoms with Gasteiger partial charge in [0, 0.05) is 37.1 Å². The van der Waals surface area contributed by atoms with Gasteiger partial charge < -0.3 is 10.3 Å². The quantitative estimate of drug-likeness (QED) is 0.632. The van der Waals surface area contributed by atoms with E-state index in [1.165, 1.54) is 0 Å². The Labute approximate surface area is 105 Å². The van der Waals surface area contributed by atoms with Crippen LogP contribution in [0.5, 0.6) is 0 Å². The number of nitrogens with zero attached hydrogens (tertiary/aromatic N) is 3. The molecule has 0 aliphatic rings. The number of H-pyrrole nitrogens is 1. The number of rotatable bonds is 5. The zero-order chi connectivity index (χ0) is 12.1. The van der Waals surface area contributed by atoms with Crippen molar-refractivity contribution in [2.75, 3.05) is 11.9 Å². The first kappa shape index (κ1) is 11.9. The average molecular weight is 252 g/mol. The Balaban J connectivity index is 1.80. The number of halogens is 1. The average Bonchev–Trinajstić information content (AvgIpc) is 2.82. The molecule has 0 saturated heterocycles. The third-order valence-electron chi connectivity index (χ3n) is 2.38. The zero-order valence-corrected chi connectivity index (χ0v) is 10.3. The number of imidazole rings is 1. The second-order valence-corrected chi connectivity index (χ2v) is 4.07. The fourth-order valence-electron chi connectivity index (χ4n) is 1.50. The lowest BCUT2D eigenvalue weighted by atomic mass is 10.3. The molecular weight excluding hydrogens is 238 g/mol. The van der Waals surface area contributed by atoms with Gasteiger partial charge in [0.1, 0.15) is 11.6 Å². The Morgan fingerprint density at radius 1 is 1.41 bits per heavy atom. The summed E-state index contributed by atoms with van der Waals surface area (Å²) in [6.45, 7) is 2.78. The van der Waals surface area contributed by atoms with Gasteiger partial charge in [0.05, 0.1) is 0 Å². The lowest BCUT2D eigenvalue weighted by Gasteiger charge is -2.07. The first-order valence-electron chi connectivity index (χ1n) is 5.47.